The third-order valence-electron chi connectivity index (χ3n) is 18.0. The zero-order valence-electron chi connectivity index (χ0n) is 58.1. The van der Waals surface area contributed by atoms with Gasteiger partial charge in [-0.2, -0.15) is 0 Å². The van der Waals surface area contributed by atoms with Crippen molar-refractivity contribution in [2.45, 2.75) is 146 Å². The average molecular weight is 1460 g/mol. The summed E-state index contributed by atoms with van der Waals surface area (Å²) in [5.41, 5.74) is 0.300. The van der Waals surface area contributed by atoms with Crippen LogP contribution in [0.15, 0.2) is 60.2 Å². The molecule has 0 spiro atoms. The molecule has 1 saturated carbocycles. The lowest BCUT2D eigenvalue weighted by atomic mass is 9.82. The number of esters is 2. The number of allylic oxidation sites excluding steroid dienone is 3. The number of halogens is 1. The second kappa shape index (κ2) is 38.1. The lowest BCUT2D eigenvalue weighted by Gasteiger charge is -2.42. The molecule has 4 aliphatic heterocycles. The van der Waals surface area contributed by atoms with E-state index in [-0.39, 0.29) is 134 Å². The Bertz CT molecular complexity index is 3390. The fraction of sp³-hybridized carbons (Fsp3) is 0.612. The average Bonchev–Trinajstić information content (AvgIpc) is 1.57. The summed E-state index contributed by atoms with van der Waals surface area (Å²) < 4.78 is 76.2. The van der Waals surface area contributed by atoms with Crippen molar-refractivity contribution in [3.05, 3.63) is 82.2 Å². The van der Waals surface area contributed by atoms with Crippen LogP contribution < -0.4 is 20.3 Å². The lowest BCUT2D eigenvalue weighted by Crippen LogP contribution is -2.63. The van der Waals surface area contributed by atoms with Gasteiger partial charge in [-0.1, -0.05) is 66.6 Å². The lowest BCUT2D eigenvalue weighted by molar-refractivity contribution is -0.219. The van der Waals surface area contributed by atoms with Crippen molar-refractivity contribution < 1.29 is 110 Å². The molecule has 9 atom stereocenters. The number of likely N-dealkylation sites (tertiary alicyclic amines) is 1. The second-order valence-corrected chi connectivity index (χ2v) is 26.8. The molecule has 32 nitrogen and oxygen atoms in total. The number of amides is 6. The molecule has 0 radical (unpaired) electrons. The number of rotatable bonds is 32. The fourth-order valence-corrected chi connectivity index (χ4v) is 13.3. The highest BCUT2D eigenvalue weighted by Crippen LogP contribution is 2.49. The van der Waals surface area contributed by atoms with Gasteiger partial charge < -0.3 is 86.5 Å². The molecule has 34 heteroatoms. The largest absolute Gasteiger partial charge is 0.495 e. The molecule has 1 aliphatic carbocycles. The van der Waals surface area contributed by atoms with Crippen molar-refractivity contribution in [3.8, 4) is 17.1 Å². The zero-order valence-corrected chi connectivity index (χ0v) is 59.7. The van der Waals surface area contributed by atoms with Gasteiger partial charge in [-0.25, -0.2) is 14.4 Å². The number of benzene rings is 2. The van der Waals surface area contributed by atoms with Crippen molar-refractivity contribution in [2.24, 2.45) is 17.8 Å². The molecule has 5 heterocycles. The Morgan fingerprint density at radius 2 is 1.51 bits per heavy atom. The minimum Gasteiger partial charge on any atom is -0.495 e. The number of methoxy groups -OCH3 is 2. The van der Waals surface area contributed by atoms with Crippen LogP contribution in [-0.2, 0) is 103 Å². The third kappa shape index (κ3) is 22.5. The Morgan fingerprint density at radius 1 is 0.861 bits per heavy atom. The van der Waals surface area contributed by atoms with E-state index < -0.39 is 89.3 Å². The van der Waals surface area contributed by atoms with E-state index in [0.29, 0.717) is 55.2 Å². The number of carbonyl (C=O) groups is 8. The number of anilines is 1. The summed E-state index contributed by atoms with van der Waals surface area (Å²) in [5.74, 6) is -2.43. The van der Waals surface area contributed by atoms with Gasteiger partial charge in [-0.05, 0) is 89.0 Å². The minimum absolute atomic E-state index is 0.00721. The molecule has 6 amide bonds. The van der Waals surface area contributed by atoms with Crippen LogP contribution in [0.3, 0.4) is 0 Å². The summed E-state index contributed by atoms with van der Waals surface area (Å²) in [6.07, 6.45) is 1.69. The number of aliphatic hydroxyl groups is 1. The van der Waals surface area contributed by atoms with Crippen molar-refractivity contribution in [3.63, 3.8) is 0 Å². The number of aryl methyl sites for hydroxylation is 1. The summed E-state index contributed by atoms with van der Waals surface area (Å²) >= 11 is 8.03. The van der Waals surface area contributed by atoms with Crippen LogP contribution in [0.25, 0.3) is 11.4 Å². The quantitative estimate of drug-likeness (QED) is 0.0175. The van der Waals surface area contributed by atoms with E-state index in [0.717, 1.165) is 22.3 Å². The van der Waals surface area contributed by atoms with Crippen LogP contribution in [0.5, 0.6) is 5.75 Å². The molecule has 554 valence electrons. The Kier molecular flexibility index (Phi) is 29.9. The number of likely N-dealkylation sites (N-methyl/N-ethyl adjacent to an activating group) is 1. The van der Waals surface area contributed by atoms with E-state index in [1.54, 1.807) is 76.4 Å². The predicted molar refractivity (Wildman–Crippen MR) is 357 cm³/mol. The maximum absolute atomic E-state index is 14.4. The van der Waals surface area contributed by atoms with Crippen molar-refractivity contribution in [1.82, 2.24) is 40.8 Å². The van der Waals surface area contributed by atoms with Crippen LogP contribution in [-0.4, -0.2) is 231 Å². The third-order valence-corrected chi connectivity index (χ3v) is 19.5. The number of imide groups is 1. The summed E-state index contributed by atoms with van der Waals surface area (Å²) in [4.78, 5) is 111. The van der Waals surface area contributed by atoms with Gasteiger partial charge in [-0.3, -0.25) is 34.2 Å². The van der Waals surface area contributed by atoms with Crippen molar-refractivity contribution in [1.29, 1.82) is 0 Å². The van der Waals surface area contributed by atoms with Gasteiger partial charge in [0.25, 0.3) is 0 Å². The summed E-state index contributed by atoms with van der Waals surface area (Å²) in [5, 5.41) is 32.3. The van der Waals surface area contributed by atoms with Crippen molar-refractivity contribution >= 4 is 76.8 Å². The van der Waals surface area contributed by atoms with Crippen molar-refractivity contribution in [2.75, 3.05) is 106 Å². The Morgan fingerprint density at radius 3 is 2.17 bits per heavy atom. The number of nitrogens with zero attached hydrogens (tertiary/aromatic N) is 7. The van der Waals surface area contributed by atoms with Gasteiger partial charge in [0.15, 0.2) is 52.3 Å². The van der Waals surface area contributed by atoms with E-state index in [9.17, 15) is 43.5 Å². The molecule has 3 aromatic rings. The van der Waals surface area contributed by atoms with Crippen LogP contribution >= 0.6 is 23.4 Å². The Balaban J connectivity index is 0.674. The normalized spacial score (nSPS) is 25.8. The maximum atomic E-state index is 14.4. The predicted octanol–water partition coefficient (Wildman–Crippen LogP) is 5.42. The molecule has 1 aromatic heterocycles. The first kappa shape index (κ1) is 79.2. The molecule has 4 fully saturated rings. The van der Waals surface area contributed by atoms with Crippen LogP contribution in [0.2, 0.25) is 5.02 Å². The Hall–Kier alpha value is -7.54. The number of nitrogens with one attached hydrogen (secondary N) is 2. The standard InChI is InChI=1S/C67H90ClN9O23S/c1-40-11-10-12-53(88-9)67(86)30-51(98-65(85)70-67)41(2)59-66(5,100-59)54(29-56(79)76(7)49-26-46(25-40)27-50(87-8)58(49)68)99-62(82)42(3)75(6)55(78)21-24-101-52-28-57(80)77(61(52)81)32-45-15-19-48(20-16-45)63(83)96-23-22-89-33-90-34-91-35-92-36-93-37-94-38-95-39-97-64(84)69-31-44-13-17-47(18-14-44)60-73-71-43(4)72-74-60/h10-14,17-18,26-27,41-42,45,48,51-54,59,86H,15-16,19-25,28-39H2,1-9H3,(H,69,84)(H,70,85)/b12-10-,40-11+/t41-,42+,45?,48?,51+,52?,53-,54-,59?,66+,67+/m1/s1. The van der Waals surface area contributed by atoms with E-state index in [2.05, 4.69) is 31.0 Å². The molecule has 8 rings (SSSR count). The molecule has 2 unspecified atom stereocenters. The molecule has 3 N–H and O–H groups in total. The van der Waals surface area contributed by atoms with Crippen LogP contribution in [0.4, 0.5) is 15.3 Å². The van der Waals surface area contributed by atoms with Gasteiger partial charge in [0, 0.05) is 70.8 Å². The minimum atomic E-state index is -1.90. The zero-order chi connectivity index (χ0) is 72.8. The van der Waals surface area contributed by atoms with Crippen LogP contribution in [0, 0.1) is 24.7 Å². The van der Waals surface area contributed by atoms with E-state index in [4.69, 9.17) is 77.9 Å². The SMILES string of the molecule is COc1cc2cc(c1Cl)N(C)C(=O)C[C@@H](OC(=O)[C@H](C)N(C)C(=O)CCSC1CC(=O)N(CC3CCC(C(=O)OCCOCOCOCOCOCOCOCOC(=O)NCc4ccc(-c5nnc(C)nn5)cc4)CC3)C1=O)[C@]1(C)OC1[C@H](C)[C@@H]1C[C@@](O)(NC(=O)O1)[C@H](OC)/C=C\C=C(/C)C2. The van der Waals surface area contributed by atoms with Gasteiger partial charge in [0.2, 0.25) is 29.5 Å². The Labute approximate surface area is 594 Å². The highest BCUT2D eigenvalue weighted by Gasteiger charge is 2.64. The number of hydrogen-bond acceptors (Lipinski definition) is 28. The number of carbonyl (C=O) groups excluding carboxylic acids is 8. The molecular formula is C67H90ClN9O23S. The molecule has 2 aromatic carbocycles. The van der Waals surface area contributed by atoms with Crippen LogP contribution in [0.1, 0.15) is 96.0 Å². The number of alkyl carbamates (subject to hydrolysis) is 2. The molecule has 3 saturated heterocycles. The van der Waals surface area contributed by atoms with E-state index in [1.165, 1.54) is 54.7 Å². The smallest absolute Gasteiger partial charge is 0.409 e. The van der Waals surface area contributed by atoms with E-state index in [1.807, 2.05) is 13.0 Å². The topological polar surface area (TPSA) is 375 Å². The van der Waals surface area contributed by atoms with Gasteiger partial charge in [0.1, 0.15) is 54.1 Å². The van der Waals surface area contributed by atoms with Gasteiger partial charge in [-0.15, -0.1) is 32.2 Å². The molecule has 5 aliphatic rings. The molecular weight excluding hydrogens is 1370 g/mol. The first-order valence-electron chi connectivity index (χ1n) is 33.0. The number of thioether (sulfide) groups is 1. The second-order valence-electron chi connectivity index (χ2n) is 25.2. The maximum Gasteiger partial charge on any atom is 0.409 e. The van der Waals surface area contributed by atoms with E-state index >= 15 is 0 Å². The monoisotopic (exact) mass is 1460 g/mol. The molecule has 4 bridgehead atoms. The number of hydrogen-bond donors (Lipinski definition) is 3. The number of epoxide rings is 1. The summed E-state index contributed by atoms with van der Waals surface area (Å²) in [6.45, 7) is 7.74. The first-order valence-corrected chi connectivity index (χ1v) is 34.4. The van der Waals surface area contributed by atoms with Gasteiger partial charge in [0.05, 0.1) is 43.1 Å². The highest BCUT2D eigenvalue weighted by molar-refractivity contribution is 8.00. The summed E-state index contributed by atoms with van der Waals surface area (Å²) in [6, 6.07) is 9.55. The van der Waals surface area contributed by atoms with Gasteiger partial charge >= 0.3 is 24.1 Å². The summed E-state index contributed by atoms with van der Waals surface area (Å²) in [7, 11) is 5.85. The fourth-order valence-electron chi connectivity index (χ4n) is 11.9. The number of ether oxygens (including phenoxy) is 14. The first-order chi connectivity index (χ1) is 48.4. The number of aromatic nitrogens is 4. The number of fused-ring (bicyclic) bond motifs is 5. The molecule has 101 heavy (non-hydrogen) atoms. The highest BCUT2D eigenvalue weighted by atomic mass is 35.5.